The van der Waals surface area contributed by atoms with Gasteiger partial charge in [0.15, 0.2) is 22.5 Å². The monoisotopic (exact) mass is 372 g/mol. The fraction of sp³-hybridized carbons (Fsp3) is 0.111. The second-order valence-electron chi connectivity index (χ2n) is 5.03. The number of Topliss-reactive ketones (excluding diaryl/α,β-unsaturated/α-hetero) is 1. The molecule has 0 aliphatic heterocycles. The standard InChI is InChI=1S/C18H13BrO4/c1-22-17-8-12(19)7-14-16(21)10-13(23-18(14)17)9-15(20)11-5-3-2-4-6-11/h2-8,10H,9H2,1H3. The van der Waals surface area contributed by atoms with Gasteiger partial charge in [0.05, 0.1) is 18.9 Å². The predicted octanol–water partition coefficient (Wildman–Crippen LogP) is 3.99. The maximum atomic E-state index is 12.3. The van der Waals surface area contributed by atoms with E-state index in [2.05, 4.69) is 15.9 Å². The molecule has 0 saturated carbocycles. The Morgan fingerprint density at radius 3 is 2.61 bits per heavy atom. The van der Waals surface area contributed by atoms with Crippen molar-refractivity contribution in [2.24, 2.45) is 0 Å². The highest BCUT2D eigenvalue weighted by Crippen LogP contribution is 2.29. The summed E-state index contributed by atoms with van der Waals surface area (Å²) in [4.78, 5) is 24.6. The third-order valence-electron chi connectivity index (χ3n) is 3.46. The molecule has 0 atom stereocenters. The first-order valence-corrected chi connectivity index (χ1v) is 7.76. The van der Waals surface area contributed by atoms with Crippen LogP contribution in [0.3, 0.4) is 0 Å². The first-order valence-electron chi connectivity index (χ1n) is 6.97. The van der Waals surface area contributed by atoms with Crippen molar-refractivity contribution in [3.05, 3.63) is 74.6 Å². The van der Waals surface area contributed by atoms with Crippen LogP contribution >= 0.6 is 15.9 Å². The molecule has 2 aromatic carbocycles. The summed E-state index contributed by atoms with van der Waals surface area (Å²) < 4.78 is 11.7. The van der Waals surface area contributed by atoms with Gasteiger partial charge in [0, 0.05) is 16.1 Å². The maximum Gasteiger partial charge on any atom is 0.193 e. The summed E-state index contributed by atoms with van der Waals surface area (Å²) in [7, 11) is 1.50. The second kappa shape index (κ2) is 6.38. The van der Waals surface area contributed by atoms with Crippen LogP contribution in [0.25, 0.3) is 11.0 Å². The predicted molar refractivity (Wildman–Crippen MR) is 91.2 cm³/mol. The van der Waals surface area contributed by atoms with Crippen LogP contribution in [-0.2, 0) is 6.42 Å². The van der Waals surface area contributed by atoms with Crippen LogP contribution in [0, 0.1) is 0 Å². The molecule has 0 unspecified atom stereocenters. The number of methoxy groups -OCH3 is 1. The molecule has 0 N–H and O–H groups in total. The fourth-order valence-electron chi connectivity index (χ4n) is 2.36. The molecular weight excluding hydrogens is 360 g/mol. The molecule has 1 aromatic heterocycles. The molecular formula is C18H13BrO4. The summed E-state index contributed by atoms with van der Waals surface area (Å²) in [6, 6.07) is 13.7. The summed E-state index contributed by atoms with van der Waals surface area (Å²) in [5.74, 6) is 0.654. The molecule has 4 nitrogen and oxygen atoms in total. The van der Waals surface area contributed by atoms with Gasteiger partial charge in [0.2, 0.25) is 0 Å². The fourth-order valence-corrected chi connectivity index (χ4v) is 2.80. The van der Waals surface area contributed by atoms with Gasteiger partial charge in [0.1, 0.15) is 5.76 Å². The van der Waals surface area contributed by atoms with Crippen molar-refractivity contribution in [2.75, 3.05) is 7.11 Å². The number of hydrogen-bond acceptors (Lipinski definition) is 4. The van der Waals surface area contributed by atoms with Crippen molar-refractivity contribution >= 4 is 32.7 Å². The minimum Gasteiger partial charge on any atom is -0.493 e. The Morgan fingerprint density at radius 2 is 1.91 bits per heavy atom. The van der Waals surface area contributed by atoms with Crippen molar-refractivity contribution in [1.82, 2.24) is 0 Å². The van der Waals surface area contributed by atoms with Gasteiger partial charge in [-0.1, -0.05) is 46.3 Å². The molecule has 3 aromatic rings. The van der Waals surface area contributed by atoms with Crippen molar-refractivity contribution in [3.63, 3.8) is 0 Å². The van der Waals surface area contributed by atoms with Gasteiger partial charge < -0.3 is 9.15 Å². The molecule has 0 aliphatic carbocycles. The van der Waals surface area contributed by atoms with Gasteiger partial charge in [-0.3, -0.25) is 9.59 Å². The van der Waals surface area contributed by atoms with Gasteiger partial charge in [-0.25, -0.2) is 0 Å². The van der Waals surface area contributed by atoms with E-state index in [0.29, 0.717) is 28.0 Å². The Balaban J connectivity index is 2.04. The average Bonchev–Trinajstić information content (AvgIpc) is 2.56. The van der Waals surface area contributed by atoms with Gasteiger partial charge in [-0.15, -0.1) is 0 Å². The largest absolute Gasteiger partial charge is 0.493 e. The number of fused-ring (bicyclic) bond motifs is 1. The molecule has 0 spiro atoms. The van der Waals surface area contributed by atoms with Crippen molar-refractivity contribution in [1.29, 1.82) is 0 Å². The smallest absolute Gasteiger partial charge is 0.193 e. The SMILES string of the molecule is COc1cc(Br)cc2c(=O)cc(CC(=O)c3ccccc3)oc12. The van der Waals surface area contributed by atoms with Crippen LogP contribution in [0.2, 0.25) is 0 Å². The maximum absolute atomic E-state index is 12.3. The lowest BCUT2D eigenvalue weighted by Crippen LogP contribution is -2.08. The first kappa shape index (κ1) is 15.5. The molecule has 0 fully saturated rings. The van der Waals surface area contributed by atoms with Crippen LogP contribution in [0.5, 0.6) is 5.75 Å². The Labute approximate surface area is 140 Å². The molecule has 5 heteroatoms. The lowest BCUT2D eigenvalue weighted by molar-refractivity contribution is 0.0987. The van der Waals surface area contributed by atoms with E-state index in [1.54, 1.807) is 36.4 Å². The van der Waals surface area contributed by atoms with Crippen molar-refractivity contribution in [3.8, 4) is 5.75 Å². The van der Waals surface area contributed by atoms with Crippen LogP contribution in [0.15, 0.2) is 62.2 Å². The number of rotatable bonds is 4. The summed E-state index contributed by atoms with van der Waals surface area (Å²) in [5.41, 5.74) is 0.721. The quantitative estimate of drug-likeness (QED) is 0.649. The molecule has 0 saturated heterocycles. The second-order valence-corrected chi connectivity index (χ2v) is 5.94. The topological polar surface area (TPSA) is 56.5 Å². The molecule has 23 heavy (non-hydrogen) atoms. The highest BCUT2D eigenvalue weighted by molar-refractivity contribution is 9.10. The van der Waals surface area contributed by atoms with Gasteiger partial charge >= 0.3 is 0 Å². The zero-order valence-corrected chi connectivity index (χ0v) is 13.9. The summed E-state index contributed by atoms with van der Waals surface area (Å²) in [5, 5.41) is 0.409. The molecule has 0 amide bonds. The Bertz CT molecular complexity index is 929. The van der Waals surface area contributed by atoms with Crippen LogP contribution in [0.1, 0.15) is 16.1 Å². The van der Waals surface area contributed by atoms with E-state index in [-0.39, 0.29) is 17.6 Å². The summed E-state index contributed by atoms with van der Waals surface area (Å²) in [6.07, 6.45) is 0.0222. The van der Waals surface area contributed by atoms with Gasteiger partial charge in [-0.05, 0) is 12.1 Å². The molecule has 116 valence electrons. The zero-order chi connectivity index (χ0) is 16.4. The average molecular weight is 373 g/mol. The Morgan fingerprint density at radius 1 is 1.17 bits per heavy atom. The molecule has 0 bridgehead atoms. The highest BCUT2D eigenvalue weighted by atomic mass is 79.9. The van der Waals surface area contributed by atoms with Crippen molar-refractivity contribution in [2.45, 2.75) is 6.42 Å². The number of hydrogen-bond donors (Lipinski definition) is 0. The van der Waals surface area contributed by atoms with E-state index in [1.165, 1.54) is 13.2 Å². The Kier molecular flexibility index (Phi) is 4.30. The number of halogens is 1. The Hall–Kier alpha value is -2.40. The molecule has 1 heterocycles. The number of ketones is 1. The molecule has 3 rings (SSSR count). The lowest BCUT2D eigenvalue weighted by atomic mass is 10.1. The van der Waals surface area contributed by atoms with Crippen LogP contribution in [-0.4, -0.2) is 12.9 Å². The van der Waals surface area contributed by atoms with E-state index in [9.17, 15) is 9.59 Å². The highest BCUT2D eigenvalue weighted by Gasteiger charge is 2.14. The van der Waals surface area contributed by atoms with Crippen LogP contribution < -0.4 is 10.2 Å². The number of carbonyl (C=O) groups excluding carboxylic acids is 1. The van der Waals surface area contributed by atoms with Crippen molar-refractivity contribution < 1.29 is 13.9 Å². The molecule has 0 radical (unpaired) electrons. The van der Waals surface area contributed by atoms with E-state index in [4.69, 9.17) is 9.15 Å². The lowest BCUT2D eigenvalue weighted by Gasteiger charge is -2.07. The molecule has 0 aliphatic rings. The zero-order valence-electron chi connectivity index (χ0n) is 12.3. The van der Waals surface area contributed by atoms with Gasteiger partial charge in [-0.2, -0.15) is 0 Å². The third kappa shape index (κ3) is 3.19. The number of carbonyl (C=O) groups is 1. The summed E-state index contributed by atoms with van der Waals surface area (Å²) in [6.45, 7) is 0. The van der Waals surface area contributed by atoms with E-state index >= 15 is 0 Å². The summed E-state index contributed by atoms with van der Waals surface area (Å²) >= 11 is 3.33. The minimum absolute atomic E-state index is 0.0222. The third-order valence-corrected chi connectivity index (χ3v) is 3.92. The van der Waals surface area contributed by atoms with E-state index in [1.807, 2.05) is 6.07 Å². The normalized spacial score (nSPS) is 10.7. The van der Waals surface area contributed by atoms with E-state index < -0.39 is 0 Å². The minimum atomic E-state index is -0.207. The van der Waals surface area contributed by atoms with Crippen LogP contribution in [0.4, 0.5) is 0 Å². The van der Waals surface area contributed by atoms with E-state index in [0.717, 1.165) is 4.47 Å². The van der Waals surface area contributed by atoms with Gasteiger partial charge in [0.25, 0.3) is 0 Å². The first-order chi connectivity index (χ1) is 11.1. The number of benzene rings is 2. The number of ether oxygens (including phenoxy) is 1.